The molecule has 1 aromatic carbocycles. The Morgan fingerprint density at radius 1 is 1.53 bits per heavy atom. The molecule has 0 saturated heterocycles. The number of carbonyl (C=O) groups excluding carboxylic acids is 1. The first-order chi connectivity index (χ1) is 8.99. The van der Waals surface area contributed by atoms with Crippen LogP contribution in [0.3, 0.4) is 0 Å². The first-order valence-electron chi connectivity index (χ1n) is 6.74. The molecule has 4 heteroatoms. The van der Waals surface area contributed by atoms with Crippen LogP contribution in [0.15, 0.2) is 18.2 Å². The second kappa shape index (κ2) is 5.70. The molecule has 1 fully saturated rings. The van der Waals surface area contributed by atoms with Gasteiger partial charge in [-0.15, -0.1) is 0 Å². The van der Waals surface area contributed by atoms with Gasteiger partial charge in [-0.2, -0.15) is 0 Å². The number of amides is 1. The van der Waals surface area contributed by atoms with Crippen LogP contribution in [0.2, 0.25) is 0 Å². The Morgan fingerprint density at radius 2 is 2.21 bits per heavy atom. The number of nitrogens with zero attached hydrogens (tertiary/aromatic N) is 1. The predicted molar refractivity (Wildman–Crippen MR) is 73.3 cm³/mol. The van der Waals surface area contributed by atoms with Crippen molar-refractivity contribution in [3.8, 4) is 0 Å². The molecule has 1 aliphatic carbocycles. The third-order valence-electron chi connectivity index (χ3n) is 3.74. The third-order valence-corrected chi connectivity index (χ3v) is 3.74. The molecule has 2 rings (SSSR count). The Bertz CT molecular complexity index is 471. The van der Waals surface area contributed by atoms with Gasteiger partial charge in [0.05, 0.1) is 6.54 Å². The lowest BCUT2D eigenvalue weighted by Gasteiger charge is -2.19. The monoisotopic (exact) mass is 264 g/mol. The van der Waals surface area contributed by atoms with Gasteiger partial charge in [0.25, 0.3) is 0 Å². The third kappa shape index (κ3) is 3.53. The molecule has 0 bridgehead atoms. The number of benzene rings is 1. The van der Waals surface area contributed by atoms with Gasteiger partial charge in [0.2, 0.25) is 5.91 Å². The molecule has 1 amide bonds. The molecule has 19 heavy (non-hydrogen) atoms. The molecule has 1 N–H and O–H groups in total. The van der Waals surface area contributed by atoms with E-state index in [1.165, 1.54) is 6.07 Å². The number of likely N-dealkylation sites (N-methyl/N-ethyl adjacent to an activating group) is 1. The van der Waals surface area contributed by atoms with E-state index < -0.39 is 0 Å². The number of hydrogen-bond donors (Lipinski definition) is 1. The summed E-state index contributed by atoms with van der Waals surface area (Å²) >= 11 is 0. The highest BCUT2D eigenvalue weighted by atomic mass is 19.1. The normalized spacial score (nSPS) is 16.2. The summed E-state index contributed by atoms with van der Waals surface area (Å²) in [6.07, 6.45) is 2.22. The molecule has 1 atom stereocenters. The summed E-state index contributed by atoms with van der Waals surface area (Å²) < 4.78 is 13.5. The van der Waals surface area contributed by atoms with E-state index in [0.717, 1.165) is 18.4 Å². The van der Waals surface area contributed by atoms with Gasteiger partial charge in [-0.1, -0.05) is 12.1 Å². The zero-order valence-electron chi connectivity index (χ0n) is 11.7. The predicted octanol–water partition coefficient (Wildman–Crippen LogP) is 2.41. The Morgan fingerprint density at radius 3 is 2.79 bits per heavy atom. The van der Waals surface area contributed by atoms with E-state index in [9.17, 15) is 9.18 Å². The van der Waals surface area contributed by atoms with Crippen molar-refractivity contribution in [3.63, 3.8) is 0 Å². The number of rotatable bonds is 5. The minimum atomic E-state index is -0.201. The summed E-state index contributed by atoms with van der Waals surface area (Å²) in [5.41, 5.74) is 1.51. The second-order valence-electron chi connectivity index (χ2n) is 5.35. The molecule has 1 aromatic rings. The Kier molecular flexibility index (Phi) is 4.20. The molecule has 1 saturated carbocycles. The van der Waals surface area contributed by atoms with Crippen molar-refractivity contribution in [1.82, 2.24) is 10.2 Å². The molecule has 104 valence electrons. The smallest absolute Gasteiger partial charge is 0.236 e. The van der Waals surface area contributed by atoms with E-state index in [4.69, 9.17) is 0 Å². The van der Waals surface area contributed by atoms with Crippen LogP contribution in [-0.4, -0.2) is 30.4 Å². The number of halogens is 1. The van der Waals surface area contributed by atoms with Crippen LogP contribution >= 0.6 is 0 Å². The SMILES string of the molecule is Cc1ccc(C(C)NCC(=O)N(C)C2CC2)cc1F. The molecule has 0 radical (unpaired) electrons. The van der Waals surface area contributed by atoms with Crippen molar-refractivity contribution in [1.29, 1.82) is 0 Å². The van der Waals surface area contributed by atoms with Crippen LogP contribution < -0.4 is 5.32 Å². The lowest BCUT2D eigenvalue weighted by molar-refractivity contribution is -0.129. The summed E-state index contributed by atoms with van der Waals surface area (Å²) in [7, 11) is 1.85. The van der Waals surface area contributed by atoms with Gasteiger partial charge < -0.3 is 10.2 Å². The number of carbonyl (C=O) groups is 1. The van der Waals surface area contributed by atoms with Crippen LogP contribution in [0.25, 0.3) is 0 Å². The van der Waals surface area contributed by atoms with Crippen molar-refractivity contribution in [2.24, 2.45) is 0 Å². The quantitative estimate of drug-likeness (QED) is 0.885. The highest BCUT2D eigenvalue weighted by molar-refractivity contribution is 5.78. The number of hydrogen-bond acceptors (Lipinski definition) is 2. The summed E-state index contributed by atoms with van der Waals surface area (Å²) in [5, 5.41) is 3.15. The van der Waals surface area contributed by atoms with Crippen LogP contribution in [-0.2, 0) is 4.79 Å². The summed E-state index contributed by atoms with van der Waals surface area (Å²) in [4.78, 5) is 13.7. The van der Waals surface area contributed by atoms with Gasteiger partial charge in [-0.25, -0.2) is 4.39 Å². The van der Waals surface area contributed by atoms with Crippen LogP contribution in [0.4, 0.5) is 4.39 Å². The zero-order valence-corrected chi connectivity index (χ0v) is 11.7. The second-order valence-corrected chi connectivity index (χ2v) is 5.35. The van der Waals surface area contributed by atoms with Gasteiger partial charge in [-0.05, 0) is 43.9 Å². The summed E-state index contributed by atoms with van der Waals surface area (Å²) in [6, 6.07) is 5.59. The molecule has 0 spiro atoms. The average Bonchev–Trinajstić information content (AvgIpc) is 3.22. The van der Waals surface area contributed by atoms with E-state index >= 15 is 0 Å². The Balaban J connectivity index is 1.87. The van der Waals surface area contributed by atoms with Crippen molar-refractivity contribution < 1.29 is 9.18 Å². The van der Waals surface area contributed by atoms with Crippen LogP contribution in [0.5, 0.6) is 0 Å². The summed E-state index contributed by atoms with van der Waals surface area (Å²) in [6.45, 7) is 3.98. The zero-order chi connectivity index (χ0) is 14.0. The highest BCUT2D eigenvalue weighted by Crippen LogP contribution is 2.25. The fourth-order valence-electron chi connectivity index (χ4n) is 2.03. The topological polar surface area (TPSA) is 32.3 Å². The standard InChI is InChI=1S/C15H21FN2O/c1-10-4-5-12(8-14(10)16)11(2)17-9-15(19)18(3)13-6-7-13/h4-5,8,11,13,17H,6-7,9H2,1-3H3. The van der Waals surface area contributed by atoms with E-state index in [1.807, 2.05) is 20.0 Å². The van der Waals surface area contributed by atoms with Gasteiger partial charge in [0, 0.05) is 19.1 Å². The maximum atomic E-state index is 13.5. The van der Waals surface area contributed by atoms with Gasteiger partial charge in [0.1, 0.15) is 5.82 Å². The molecule has 0 aromatic heterocycles. The van der Waals surface area contributed by atoms with Gasteiger partial charge in [0.15, 0.2) is 0 Å². The van der Waals surface area contributed by atoms with Crippen molar-refractivity contribution in [2.45, 2.75) is 38.8 Å². The van der Waals surface area contributed by atoms with E-state index in [0.29, 0.717) is 18.2 Å². The molecule has 1 aliphatic rings. The van der Waals surface area contributed by atoms with E-state index in [2.05, 4.69) is 5.32 Å². The lowest BCUT2D eigenvalue weighted by Crippen LogP contribution is -2.37. The van der Waals surface area contributed by atoms with Gasteiger partial charge >= 0.3 is 0 Å². The maximum absolute atomic E-state index is 13.5. The first-order valence-corrected chi connectivity index (χ1v) is 6.74. The Hall–Kier alpha value is -1.42. The lowest BCUT2D eigenvalue weighted by atomic mass is 10.1. The van der Waals surface area contributed by atoms with Crippen molar-refractivity contribution >= 4 is 5.91 Å². The average molecular weight is 264 g/mol. The van der Waals surface area contributed by atoms with E-state index in [1.54, 1.807) is 17.9 Å². The fourth-order valence-corrected chi connectivity index (χ4v) is 2.03. The molecular formula is C15H21FN2O. The van der Waals surface area contributed by atoms with Crippen molar-refractivity contribution in [2.75, 3.05) is 13.6 Å². The molecule has 1 unspecified atom stereocenters. The fraction of sp³-hybridized carbons (Fsp3) is 0.533. The van der Waals surface area contributed by atoms with E-state index in [-0.39, 0.29) is 17.8 Å². The van der Waals surface area contributed by atoms with Crippen molar-refractivity contribution in [3.05, 3.63) is 35.1 Å². The van der Waals surface area contributed by atoms with Gasteiger partial charge in [-0.3, -0.25) is 4.79 Å². The number of aryl methyl sites for hydroxylation is 1. The number of nitrogens with one attached hydrogen (secondary N) is 1. The highest BCUT2D eigenvalue weighted by Gasteiger charge is 2.29. The van der Waals surface area contributed by atoms with Crippen LogP contribution in [0.1, 0.15) is 36.9 Å². The largest absolute Gasteiger partial charge is 0.342 e. The first kappa shape index (κ1) is 14.0. The minimum absolute atomic E-state index is 0.0355. The molecular weight excluding hydrogens is 243 g/mol. The summed E-state index contributed by atoms with van der Waals surface area (Å²) in [5.74, 6) is -0.102. The van der Waals surface area contributed by atoms with Crippen LogP contribution in [0, 0.1) is 12.7 Å². The molecule has 3 nitrogen and oxygen atoms in total. The molecule has 0 heterocycles. The maximum Gasteiger partial charge on any atom is 0.236 e. The minimum Gasteiger partial charge on any atom is -0.342 e. The molecule has 0 aliphatic heterocycles. The Labute approximate surface area is 113 Å².